The fourth-order valence-electron chi connectivity index (χ4n) is 2.82. The maximum atomic E-state index is 12.4. The molecule has 0 saturated carbocycles. The van der Waals surface area contributed by atoms with Crippen molar-refractivity contribution in [2.24, 2.45) is 11.0 Å². The van der Waals surface area contributed by atoms with Crippen LogP contribution in [0.2, 0.25) is 0 Å². The van der Waals surface area contributed by atoms with Crippen LogP contribution in [0.1, 0.15) is 17.5 Å². The van der Waals surface area contributed by atoms with Gasteiger partial charge in [0, 0.05) is 24.4 Å². The monoisotopic (exact) mass is 321 g/mol. The average Bonchev–Trinajstić information content (AvgIpc) is 3.16. The molecule has 1 saturated heterocycles. The summed E-state index contributed by atoms with van der Waals surface area (Å²) in [4.78, 5) is 16.7. The van der Waals surface area contributed by atoms with E-state index < -0.39 is 0 Å². The van der Waals surface area contributed by atoms with Crippen LogP contribution >= 0.6 is 0 Å². The molecule has 0 N–H and O–H groups in total. The van der Waals surface area contributed by atoms with Crippen molar-refractivity contribution in [2.75, 3.05) is 18.0 Å². The highest BCUT2D eigenvalue weighted by Crippen LogP contribution is 2.30. The van der Waals surface area contributed by atoms with Gasteiger partial charge in [0.15, 0.2) is 5.82 Å². The minimum absolute atomic E-state index is 0.0543. The standard InChI is InChI=1S/C16H15N7O/c1-11-2-4-14(5-3-11)23-16(13(7-17)9-20-23)22-10-12(6-15(22)24)8-19-21-18/h2-5,9,12H,6,8,10H2,1H3. The van der Waals surface area contributed by atoms with Crippen LogP contribution in [0.15, 0.2) is 35.6 Å². The molecule has 2 heterocycles. The van der Waals surface area contributed by atoms with Crippen molar-refractivity contribution in [1.82, 2.24) is 9.78 Å². The van der Waals surface area contributed by atoms with Gasteiger partial charge in [-0.2, -0.15) is 10.4 Å². The van der Waals surface area contributed by atoms with Crippen LogP contribution in [-0.4, -0.2) is 28.8 Å². The average molecular weight is 321 g/mol. The highest BCUT2D eigenvalue weighted by molar-refractivity contribution is 5.96. The van der Waals surface area contributed by atoms with Crippen molar-refractivity contribution in [3.8, 4) is 11.8 Å². The Labute approximate surface area is 138 Å². The summed E-state index contributed by atoms with van der Waals surface area (Å²) < 4.78 is 1.60. The summed E-state index contributed by atoms with van der Waals surface area (Å²) in [5.41, 5.74) is 10.7. The number of anilines is 1. The number of azide groups is 1. The quantitative estimate of drug-likeness (QED) is 0.490. The van der Waals surface area contributed by atoms with Gasteiger partial charge in [-0.1, -0.05) is 22.8 Å². The third-order valence-electron chi connectivity index (χ3n) is 4.01. The van der Waals surface area contributed by atoms with Crippen molar-refractivity contribution in [3.63, 3.8) is 0 Å². The van der Waals surface area contributed by atoms with Gasteiger partial charge in [0.05, 0.1) is 11.9 Å². The summed E-state index contributed by atoms with van der Waals surface area (Å²) in [7, 11) is 0. The Morgan fingerprint density at radius 2 is 2.21 bits per heavy atom. The Morgan fingerprint density at radius 3 is 2.88 bits per heavy atom. The second-order valence-corrected chi connectivity index (χ2v) is 5.73. The van der Waals surface area contributed by atoms with E-state index in [1.807, 2.05) is 31.2 Å². The molecule has 8 heteroatoms. The molecular formula is C16H15N7O. The molecule has 1 aliphatic heterocycles. The number of aromatic nitrogens is 2. The molecule has 1 amide bonds. The van der Waals surface area contributed by atoms with E-state index in [1.165, 1.54) is 6.20 Å². The normalized spacial score (nSPS) is 16.8. The lowest BCUT2D eigenvalue weighted by atomic mass is 10.1. The van der Waals surface area contributed by atoms with Crippen molar-refractivity contribution < 1.29 is 4.79 Å². The number of carbonyl (C=O) groups excluding carboxylic acids is 1. The van der Waals surface area contributed by atoms with Gasteiger partial charge in [-0.15, -0.1) is 0 Å². The Morgan fingerprint density at radius 1 is 1.46 bits per heavy atom. The first kappa shape index (κ1) is 15.6. The zero-order valence-corrected chi connectivity index (χ0v) is 13.1. The molecule has 0 aliphatic carbocycles. The van der Waals surface area contributed by atoms with Gasteiger partial charge in [-0.3, -0.25) is 9.69 Å². The van der Waals surface area contributed by atoms with Crippen molar-refractivity contribution in [2.45, 2.75) is 13.3 Å². The molecule has 1 fully saturated rings. The summed E-state index contributed by atoms with van der Waals surface area (Å²) in [6.45, 7) is 2.65. The molecule has 0 radical (unpaired) electrons. The van der Waals surface area contributed by atoms with Gasteiger partial charge in [0.1, 0.15) is 11.6 Å². The summed E-state index contributed by atoms with van der Waals surface area (Å²) in [5, 5.41) is 17.2. The summed E-state index contributed by atoms with van der Waals surface area (Å²) >= 11 is 0. The fourth-order valence-corrected chi connectivity index (χ4v) is 2.82. The highest BCUT2D eigenvalue weighted by Gasteiger charge is 2.34. The van der Waals surface area contributed by atoms with E-state index in [0.717, 1.165) is 11.3 Å². The van der Waals surface area contributed by atoms with Gasteiger partial charge >= 0.3 is 0 Å². The topological polar surface area (TPSA) is 111 Å². The van der Waals surface area contributed by atoms with Gasteiger partial charge in [-0.05, 0) is 30.5 Å². The number of benzene rings is 1. The molecule has 8 nitrogen and oxygen atoms in total. The number of hydrogen-bond donors (Lipinski definition) is 0. The van der Waals surface area contributed by atoms with Crippen LogP contribution < -0.4 is 4.90 Å². The van der Waals surface area contributed by atoms with E-state index in [-0.39, 0.29) is 18.4 Å². The number of hydrogen-bond acceptors (Lipinski definition) is 4. The van der Waals surface area contributed by atoms with E-state index in [0.29, 0.717) is 24.3 Å². The SMILES string of the molecule is Cc1ccc(-n2ncc(C#N)c2N2CC(CN=[N+]=[N-])CC2=O)cc1. The number of nitrogens with zero attached hydrogens (tertiary/aromatic N) is 7. The van der Waals surface area contributed by atoms with Gasteiger partial charge in [0.2, 0.25) is 5.91 Å². The number of rotatable bonds is 4. The van der Waals surface area contributed by atoms with Crippen molar-refractivity contribution in [1.29, 1.82) is 5.26 Å². The lowest BCUT2D eigenvalue weighted by Crippen LogP contribution is -2.28. The molecule has 0 bridgehead atoms. The summed E-state index contributed by atoms with van der Waals surface area (Å²) in [6, 6.07) is 9.78. The van der Waals surface area contributed by atoms with E-state index in [1.54, 1.807) is 9.58 Å². The summed E-state index contributed by atoms with van der Waals surface area (Å²) in [5.74, 6) is 0.314. The zero-order chi connectivity index (χ0) is 17.1. The Balaban J connectivity index is 2.00. The number of amides is 1. The smallest absolute Gasteiger partial charge is 0.228 e. The van der Waals surface area contributed by atoms with Gasteiger partial charge in [-0.25, -0.2) is 4.68 Å². The van der Waals surface area contributed by atoms with Crippen LogP contribution in [0.5, 0.6) is 0 Å². The molecule has 1 atom stereocenters. The van der Waals surface area contributed by atoms with Gasteiger partial charge < -0.3 is 0 Å². The number of nitriles is 1. The Bertz CT molecular complexity index is 856. The molecule has 1 aliphatic rings. The van der Waals surface area contributed by atoms with Crippen LogP contribution in [-0.2, 0) is 4.79 Å². The van der Waals surface area contributed by atoms with Crippen LogP contribution in [0.3, 0.4) is 0 Å². The van der Waals surface area contributed by atoms with Crippen LogP contribution in [0.25, 0.3) is 16.1 Å². The molecule has 120 valence electrons. The fraction of sp³-hybridized carbons (Fsp3) is 0.312. The largest absolute Gasteiger partial charge is 0.295 e. The first-order valence-electron chi connectivity index (χ1n) is 7.50. The maximum absolute atomic E-state index is 12.4. The number of carbonyl (C=O) groups is 1. The molecule has 1 aromatic heterocycles. The molecule has 1 aromatic carbocycles. The van der Waals surface area contributed by atoms with E-state index in [9.17, 15) is 10.1 Å². The van der Waals surface area contributed by atoms with Gasteiger partial charge in [0.25, 0.3) is 0 Å². The zero-order valence-electron chi connectivity index (χ0n) is 13.1. The van der Waals surface area contributed by atoms with Crippen LogP contribution in [0.4, 0.5) is 5.82 Å². The molecular weight excluding hydrogens is 306 g/mol. The molecule has 3 rings (SSSR count). The highest BCUT2D eigenvalue weighted by atomic mass is 16.2. The maximum Gasteiger partial charge on any atom is 0.228 e. The van der Waals surface area contributed by atoms with Crippen LogP contribution in [0, 0.1) is 24.2 Å². The third kappa shape index (κ3) is 2.81. The molecule has 24 heavy (non-hydrogen) atoms. The molecule has 1 unspecified atom stereocenters. The first-order chi connectivity index (χ1) is 11.6. The number of aryl methyl sites for hydroxylation is 1. The predicted molar refractivity (Wildman–Crippen MR) is 87.5 cm³/mol. The minimum atomic E-state index is -0.0986. The Hall–Kier alpha value is -3.30. The van der Waals surface area contributed by atoms with Crippen molar-refractivity contribution in [3.05, 3.63) is 52.0 Å². The first-order valence-corrected chi connectivity index (χ1v) is 7.50. The second kappa shape index (κ2) is 6.44. The van der Waals surface area contributed by atoms with E-state index in [2.05, 4.69) is 21.2 Å². The van der Waals surface area contributed by atoms with Crippen molar-refractivity contribution >= 4 is 11.7 Å². The third-order valence-corrected chi connectivity index (χ3v) is 4.01. The Kier molecular flexibility index (Phi) is 4.18. The lowest BCUT2D eigenvalue weighted by Gasteiger charge is -2.18. The van der Waals surface area contributed by atoms with E-state index >= 15 is 0 Å². The second-order valence-electron chi connectivity index (χ2n) is 5.73. The predicted octanol–water partition coefficient (Wildman–Crippen LogP) is 2.72. The minimum Gasteiger partial charge on any atom is -0.295 e. The lowest BCUT2D eigenvalue weighted by molar-refractivity contribution is -0.117. The molecule has 2 aromatic rings. The summed E-state index contributed by atoms with van der Waals surface area (Å²) in [6.07, 6.45) is 1.76. The van der Waals surface area contributed by atoms with E-state index in [4.69, 9.17) is 5.53 Å². The molecule has 0 spiro atoms.